The first kappa shape index (κ1) is 14.9. The third kappa shape index (κ3) is 5.57. The number of hydrogen-bond acceptors (Lipinski definition) is 2. The van der Waals surface area contributed by atoms with Gasteiger partial charge in [0.1, 0.15) is 5.75 Å². The number of carbonyl (C=O) groups excluding carboxylic acids is 1. The van der Waals surface area contributed by atoms with Crippen molar-refractivity contribution >= 4 is 11.7 Å². The Hall–Kier alpha value is -2.49. The van der Waals surface area contributed by atoms with Crippen LogP contribution in [0.15, 0.2) is 54.6 Å². The van der Waals surface area contributed by atoms with Crippen molar-refractivity contribution in [1.82, 2.24) is 5.32 Å². The van der Waals surface area contributed by atoms with E-state index in [0.717, 1.165) is 23.4 Å². The summed E-state index contributed by atoms with van der Waals surface area (Å²) in [5.41, 5.74) is 1.91. The Morgan fingerprint density at radius 2 is 1.90 bits per heavy atom. The zero-order valence-electron chi connectivity index (χ0n) is 12.1. The predicted molar refractivity (Wildman–Crippen MR) is 84.8 cm³/mol. The molecule has 0 bridgehead atoms. The fourth-order valence-electron chi connectivity index (χ4n) is 1.88. The van der Waals surface area contributed by atoms with Crippen molar-refractivity contribution in [2.75, 3.05) is 18.5 Å². The van der Waals surface area contributed by atoms with Crippen LogP contribution in [0.25, 0.3) is 0 Å². The molecule has 2 aromatic carbocycles. The van der Waals surface area contributed by atoms with E-state index in [1.807, 2.05) is 61.5 Å². The van der Waals surface area contributed by atoms with E-state index >= 15 is 0 Å². The van der Waals surface area contributed by atoms with Crippen molar-refractivity contribution in [1.29, 1.82) is 0 Å². The summed E-state index contributed by atoms with van der Waals surface area (Å²) in [4.78, 5) is 11.7. The van der Waals surface area contributed by atoms with Crippen LogP contribution in [0, 0.1) is 6.92 Å². The number of hydrogen-bond donors (Lipinski definition) is 2. The number of nitrogens with one attached hydrogen (secondary N) is 2. The monoisotopic (exact) mass is 284 g/mol. The molecular weight excluding hydrogens is 264 g/mol. The molecule has 0 aliphatic heterocycles. The minimum Gasteiger partial charge on any atom is -0.494 e. The molecule has 0 heterocycles. The fraction of sp³-hybridized carbons (Fsp3) is 0.235. The van der Waals surface area contributed by atoms with Crippen molar-refractivity contribution in [2.45, 2.75) is 13.3 Å². The van der Waals surface area contributed by atoms with Gasteiger partial charge in [-0.15, -0.1) is 0 Å². The first-order chi connectivity index (χ1) is 10.2. The molecule has 0 aliphatic carbocycles. The molecule has 2 amide bonds. The van der Waals surface area contributed by atoms with E-state index in [4.69, 9.17) is 4.74 Å². The van der Waals surface area contributed by atoms with Crippen molar-refractivity contribution in [3.8, 4) is 5.75 Å². The van der Waals surface area contributed by atoms with Crippen molar-refractivity contribution < 1.29 is 9.53 Å². The van der Waals surface area contributed by atoms with Crippen LogP contribution in [0.3, 0.4) is 0 Å². The number of ether oxygens (including phenoxy) is 1. The number of carbonyl (C=O) groups is 1. The van der Waals surface area contributed by atoms with Crippen LogP contribution in [-0.2, 0) is 0 Å². The lowest BCUT2D eigenvalue weighted by atomic mass is 10.2. The van der Waals surface area contributed by atoms with Crippen LogP contribution in [0.2, 0.25) is 0 Å². The SMILES string of the molecule is Cc1cccc(NC(=O)NCCCOc2ccccc2)c1. The number of urea groups is 1. The molecule has 110 valence electrons. The van der Waals surface area contributed by atoms with Crippen LogP contribution < -0.4 is 15.4 Å². The van der Waals surface area contributed by atoms with E-state index in [-0.39, 0.29) is 6.03 Å². The molecule has 0 atom stereocenters. The van der Waals surface area contributed by atoms with Crippen LogP contribution in [0.5, 0.6) is 5.75 Å². The first-order valence-electron chi connectivity index (χ1n) is 7.03. The Morgan fingerprint density at radius 1 is 1.10 bits per heavy atom. The zero-order chi connectivity index (χ0) is 14.9. The Bertz CT molecular complexity index is 570. The average molecular weight is 284 g/mol. The summed E-state index contributed by atoms with van der Waals surface area (Å²) >= 11 is 0. The van der Waals surface area contributed by atoms with Crippen LogP contribution in [-0.4, -0.2) is 19.2 Å². The smallest absolute Gasteiger partial charge is 0.319 e. The second kappa shape index (κ2) is 7.94. The van der Waals surface area contributed by atoms with E-state index in [1.165, 1.54) is 0 Å². The molecule has 21 heavy (non-hydrogen) atoms. The van der Waals surface area contributed by atoms with Gasteiger partial charge in [-0.2, -0.15) is 0 Å². The van der Waals surface area contributed by atoms with Crippen molar-refractivity contribution in [3.05, 3.63) is 60.2 Å². The third-order valence-corrected chi connectivity index (χ3v) is 2.89. The van der Waals surface area contributed by atoms with E-state index < -0.39 is 0 Å². The molecule has 0 fully saturated rings. The van der Waals surface area contributed by atoms with E-state index in [0.29, 0.717) is 13.2 Å². The summed E-state index contributed by atoms with van der Waals surface area (Å²) in [5.74, 6) is 0.849. The van der Waals surface area contributed by atoms with E-state index in [2.05, 4.69) is 10.6 Å². The molecule has 4 nitrogen and oxygen atoms in total. The number of aryl methyl sites for hydroxylation is 1. The predicted octanol–water partition coefficient (Wildman–Crippen LogP) is 3.59. The lowest BCUT2D eigenvalue weighted by Gasteiger charge is -2.09. The molecule has 0 aliphatic rings. The molecule has 4 heteroatoms. The molecule has 2 aromatic rings. The average Bonchev–Trinajstić information content (AvgIpc) is 2.48. The van der Waals surface area contributed by atoms with Gasteiger partial charge >= 0.3 is 6.03 Å². The van der Waals surface area contributed by atoms with Gasteiger partial charge in [0, 0.05) is 12.2 Å². The summed E-state index contributed by atoms with van der Waals surface area (Å²) in [6.07, 6.45) is 0.760. The summed E-state index contributed by atoms with van der Waals surface area (Å²) < 4.78 is 5.55. The molecule has 0 saturated heterocycles. The Balaban J connectivity index is 1.61. The summed E-state index contributed by atoms with van der Waals surface area (Å²) in [6.45, 7) is 3.14. The molecule has 0 spiro atoms. The van der Waals surface area contributed by atoms with E-state index in [9.17, 15) is 4.79 Å². The van der Waals surface area contributed by atoms with Gasteiger partial charge in [-0.05, 0) is 43.2 Å². The number of benzene rings is 2. The van der Waals surface area contributed by atoms with Gasteiger partial charge in [0.2, 0.25) is 0 Å². The summed E-state index contributed by atoms with van der Waals surface area (Å²) in [7, 11) is 0. The zero-order valence-corrected chi connectivity index (χ0v) is 12.1. The topological polar surface area (TPSA) is 50.4 Å². The normalized spacial score (nSPS) is 9.95. The van der Waals surface area contributed by atoms with Crippen LogP contribution in [0.4, 0.5) is 10.5 Å². The molecular formula is C17H20N2O2. The quantitative estimate of drug-likeness (QED) is 0.796. The van der Waals surface area contributed by atoms with Gasteiger partial charge in [-0.3, -0.25) is 0 Å². The highest BCUT2D eigenvalue weighted by molar-refractivity contribution is 5.89. The number of rotatable bonds is 6. The maximum Gasteiger partial charge on any atom is 0.319 e. The third-order valence-electron chi connectivity index (χ3n) is 2.89. The highest BCUT2D eigenvalue weighted by Gasteiger charge is 2.01. The Morgan fingerprint density at radius 3 is 2.67 bits per heavy atom. The maximum atomic E-state index is 11.7. The highest BCUT2D eigenvalue weighted by atomic mass is 16.5. The minimum absolute atomic E-state index is 0.194. The number of para-hydroxylation sites is 1. The number of anilines is 1. The van der Waals surface area contributed by atoms with Gasteiger partial charge in [0.05, 0.1) is 6.61 Å². The van der Waals surface area contributed by atoms with Crippen molar-refractivity contribution in [3.63, 3.8) is 0 Å². The van der Waals surface area contributed by atoms with Crippen molar-refractivity contribution in [2.24, 2.45) is 0 Å². The van der Waals surface area contributed by atoms with Crippen LogP contribution in [0.1, 0.15) is 12.0 Å². The molecule has 0 aromatic heterocycles. The Kier molecular flexibility index (Phi) is 5.64. The van der Waals surface area contributed by atoms with Crippen LogP contribution >= 0.6 is 0 Å². The molecule has 0 radical (unpaired) electrons. The first-order valence-corrected chi connectivity index (χ1v) is 7.03. The lowest BCUT2D eigenvalue weighted by molar-refractivity contribution is 0.250. The Labute approximate surface area is 125 Å². The van der Waals surface area contributed by atoms with Gasteiger partial charge in [-0.25, -0.2) is 4.79 Å². The highest BCUT2D eigenvalue weighted by Crippen LogP contribution is 2.09. The summed E-state index contributed by atoms with van der Waals surface area (Å²) in [6, 6.07) is 17.2. The fourth-order valence-corrected chi connectivity index (χ4v) is 1.88. The van der Waals surface area contributed by atoms with Gasteiger partial charge < -0.3 is 15.4 Å². The minimum atomic E-state index is -0.194. The molecule has 2 rings (SSSR count). The molecule has 2 N–H and O–H groups in total. The number of amides is 2. The maximum absolute atomic E-state index is 11.7. The summed E-state index contributed by atoms with van der Waals surface area (Å²) in [5, 5.41) is 5.61. The second-order valence-corrected chi connectivity index (χ2v) is 4.77. The van der Waals surface area contributed by atoms with Gasteiger partial charge in [-0.1, -0.05) is 30.3 Å². The standard InChI is InChI=1S/C17H20N2O2/c1-14-7-5-8-15(13-14)19-17(20)18-11-6-12-21-16-9-3-2-4-10-16/h2-5,7-10,13H,6,11-12H2,1H3,(H2,18,19,20). The largest absolute Gasteiger partial charge is 0.494 e. The second-order valence-electron chi connectivity index (χ2n) is 4.77. The molecule has 0 saturated carbocycles. The molecule has 0 unspecified atom stereocenters. The lowest BCUT2D eigenvalue weighted by Crippen LogP contribution is -2.30. The van der Waals surface area contributed by atoms with E-state index in [1.54, 1.807) is 0 Å². The van der Waals surface area contributed by atoms with Gasteiger partial charge in [0.25, 0.3) is 0 Å². The van der Waals surface area contributed by atoms with Gasteiger partial charge in [0.15, 0.2) is 0 Å².